The third-order valence-electron chi connectivity index (χ3n) is 5.73. The SMILES string of the molecule is CCn1c2cc(C)oc2c2cnn(CC(=O)N[C@@H]3CCCC[C@@H]3C)c(=O)c21. The number of aromatic nitrogens is 3. The number of amides is 1. The number of carbonyl (C=O) groups excluding carboxylic acids is 1. The number of aryl methyl sites for hydroxylation is 2. The van der Waals surface area contributed by atoms with Crippen LogP contribution in [0.4, 0.5) is 0 Å². The van der Waals surface area contributed by atoms with E-state index in [1.54, 1.807) is 6.20 Å². The molecular weight excluding hydrogens is 344 g/mol. The molecule has 1 aliphatic carbocycles. The first-order chi connectivity index (χ1) is 13.0. The number of rotatable bonds is 4. The summed E-state index contributed by atoms with van der Waals surface area (Å²) in [5.74, 6) is 1.12. The highest BCUT2D eigenvalue weighted by atomic mass is 16.3. The topological polar surface area (TPSA) is 82.1 Å². The van der Waals surface area contributed by atoms with Crippen molar-refractivity contribution in [1.29, 1.82) is 0 Å². The summed E-state index contributed by atoms with van der Waals surface area (Å²) in [7, 11) is 0. The van der Waals surface area contributed by atoms with E-state index in [4.69, 9.17) is 4.42 Å². The number of fused-ring (bicyclic) bond motifs is 3. The van der Waals surface area contributed by atoms with Crippen LogP contribution in [0.1, 0.15) is 45.3 Å². The van der Waals surface area contributed by atoms with E-state index in [2.05, 4.69) is 17.3 Å². The van der Waals surface area contributed by atoms with E-state index >= 15 is 0 Å². The van der Waals surface area contributed by atoms with Gasteiger partial charge in [0.05, 0.1) is 17.1 Å². The van der Waals surface area contributed by atoms with Gasteiger partial charge in [0.15, 0.2) is 5.58 Å². The molecule has 27 heavy (non-hydrogen) atoms. The average Bonchev–Trinajstić information content (AvgIpc) is 3.14. The monoisotopic (exact) mass is 370 g/mol. The zero-order chi connectivity index (χ0) is 19.1. The van der Waals surface area contributed by atoms with E-state index in [1.807, 2.05) is 24.5 Å². The Bertz CT molecular complexity index is 1060. The largest absolute Gasteiger partial charge is 0.459 e. The van der Waals surface area contributed by atoms with Gasteiger partial charge in [0.1, 0.15) is 17.8 Å². The van der Waals surface area contributed by atoms with Crippen LogP contribution in [-0.4, -0.2) is 26.3 Å². The van der Waals surface area contributed by atoms with Crippen molar-refractivity contribution >= 4 is 27.9 Å². The normalized spacial score (nSPS) is 20.4. The van der Waals surface area contributed by atoms with Crippen LogP contribution in [0.3, 0.4) is 0 Å². The molecule has 7 nitrogen and oxygen atoms in total. The van der Waals surface area contributed by atoms with Gasteiger partial charge in [0, 0.05) is 18.7 Å². The van der Waals surface area contributed by atoms with Gasteiger partial charge in [-0.15, -0.1) is 0 Å². The van der Waals surface area contributed by atoms with Crippen LogP contribution in [-0.2, 0) is 17.9 Å². The van der Waals surface area contributed by atoms with Crippen molar-refractivity contribution in [2.45, 2.75) is 65.6 Å². The lowest BCUT2D eigenvalue weighted by Gasteiger charge is -2.29. The number of nitrogens with one attached hydrogen (secondary N) is 1. The van der Waals surface area contributed by atoms with Crippen molar-refractivity contribution in [3.05, 3.63) is 28.4 Å². The fraction of sp³-hybridized carbons (Fsp3) is 0.550. The van der Waals surface area contributed by atoms with Crippen molar-refractivity contribution in [3.63, 3.8) is 0 Å². The third-order valence-corrected chi connectivity index (χ3v) is 5.73. The molecule has 0 unspecified atom stereocenters. The number of furan rings is 1. The Morgan fingerprint density at radius 3 is 2.89 bits per heavy atom. The Balaban J connectivity index is 1.65. The van der Waals surface area contributed by atoms with E-state index in [0.29, 0.717) is 28.9 Å². The van der Waals surface area contributed by atoms with Gasteiger partial charge in [0.25, 0.3) is 5.56 Å². The van der Waals surface area contributed by atoms with Crippen molar-refractivity contribution in [2.24, 2.45) is 5.92 Å². The highest BCUT2D eigenvalue weighted by Crippen LogP contribution is 2.29. The number of hydrogen-bond acceptors (Lipinski definition) is 4. The summed E-state index contributed by atoms with van der Waals surface area (Å²) in [5.41, 5.74) is 1.86. The van der Waals surface area contributed by atoms with Crippen LogP contribution in [0.2, 0.25) is 0 Å². The van der Waals surface area contributed by atoms with E-state index in [-0.39, 0.29) is 24.1 Å². The fourth-order valence-corrected chi connectivity index (χ4v) is 4.28. The van der Waals surface area contributed by atoms with E-state index in [0.717, 1.165) is 30.5 Å². The highest BCUT2D eigenvalue weighted by molar-refractivity contribution is 6.04. The molecule has 0 radical (unpaired) electrons. The molecule has 0 spiro atoms. The molecule has 1 N–H and O–H groups in total. The van der Waals surface area contributed by atoms with Gasteiger partial charge in [0.2, 0.25) is 5.91 Å². The summed E-state index contributed by atoms with van der Waals surface area (Å²) in [6.07, 6.45) is 6.13. The molecule has 144 valence electrons. The quantitative estimate of drug-likeness (QED) is 0.765. The van der Waals surface area contributed by atoms with Crippen LogP contribution in [0, 0.1) is 12.8 Å². The Morgan fingerprint density at radius 2 is 2.15 bits per heavy atom. The lowest BCUT2D eigenvalue weighted by atomic mass is 9.86. The predicted octanol–water partition coefficient (Wildman–Crippen LogP) is 2.97. The molecule has 0 saturated heterocycles. The second-order valence-electron chi connectivity index (χ2n) is 7.62. The first-order valence-electron chi connectivity index (χ1n) is 9.77. The minimum atomic E-state index is -0.259. The summed E-state index contributed by atoms with van der Waals surface area (Å²) < 4.78 is 8.95. The second kappa shape index (κ2) is 6.87. The van der Waals surface area contributed by atoms with Gasteiger partial charge in [-0.2, -0.15) is 5.10 Å². The van der Waals surface area contributed by atoms with Gasteiger partial charge in [-0.3, -0.25) is 9.59 Å². The Morgan fingerprint density at radius 1 is 1.37 bits per heavy atom. The van der Waals surface area contributed by atoms with Gasteiger partial charge in [-0.1, -0.05) is 19.8 Å². The molecule has 1 amide bonds. The smallest absolute Gasteiger partial charge is 0.291 e. The number of hydrogen-bond donors (Lipinski definition) is 1. The maximum atomic E-state index is 13.0. The van der Waals surface area contributed by atoms with Crippen molar-refractivity contribution in [3.8, 4) is 0 Å². The van der Waals surface area contributed by atoms with Crippen molar-refractivity contribution in [1.82, 2.24) is 19.7 Å². The molecule has 4 rings (SSSR count). The van der Waals surface area contributed by atoms with Gasteiger partial charge in [-0.05, 0) is 32.6 Å². The molecule has 3 aromatic heterocycles. The summed E-state index contributed by atoms with van der Waals surface area (Å²) in [4.78, 5) is 25.5. The van der Waals surface area contributed by atoms with Crippen LogP contribution in [0.15, 0.2) is 21.5 Å². The second-order valence-corrected chi connectivity index (χ2v) is 7.62. The Hall–Kier alpha value is -2.57. The third kappa shape index (κ3) is 3.05. The highest BCUT2D eigenvalue weighted by Gasteiger charge is 2.24. The van der Waals surface area contributed by atoms with E-state index in [1.165, 1.54) is 11.1 Å². The minimum absolute atomic E-state index is 0.0622. The first-order valence-corrected chi connectivity index (χ1v) is 9.77. The van der Waals surface area contributed by atoms with E-state index in [9.17, 15) is 9.59 Å². The molecule has 1 aliphatic rings. The number of nitrogens with zero attached hydrogens (tertiary/aromatic N) is 3. The molecule has 3 aromatic rings. The number of carbonyl (C=O) groups is 1. The Labute approximate surface area is 157 Å². The molecular formula is C20H26N4O3. The predicted molar refractivity (Wildman–Crippen MR) is 104 cm³/mol. The zero-order valence-electron chi connectivity index (χ0n) is 16.1. The zero-order valence-corrected chi connectivity index (χ0v) is 16.1. The van der Waals surface area contributed by atoms with Gasteiger partial charge >= 0.3 is 0 Å². The van der Waals surface area contributed by atoms with Crippen LogP contribution in [0.5, 0.6) is 0 Å². The molecule has 7 heteroatoms. The molecule has 0 aliphatic heterocycles. The van der Waals surface area contributed by atoms with Crippen molar-refractivity contribution in [2.75, 3.05) is 0 Å². The summed E-state index contributed by atoms with van der Waals surface area (Å²) in [6, 6.07) is 2.12. The summed E-state index contributed by atoms with van der Waals surface area (Å²) >= 11 is 0. The van der Waals surface area contributed by atoms with E-state index < -0.39 is 0 Å². The summed E-state index contributed by atoms with van der Waals surface area (Å²) in [5, 5.41) is 8.02. The van der Waals surface area contributed by atoms with Gasteiger partial charge in [-0.25, -0.2) is 4.68 Å². The van der Waals surface area contributed by atoms with Crippen LogP contribution in [0.25, 0.3) is 22.0 Å². The summed E-state index contributed by atoms with van der Waals surface area (Å²) in [6.45, 7) is 6.63. The van der Waals surface area contributed by atoms with Crippen LogP contribution >= 0.6 is 0 Å². The molecule has 2 atom stereocenters. The Kier molecular flexibility index (Phi) is 4.53. The van der Waals surface area contributed by atoms with Gasteiger partial charge < -0.3 is 14.3 Å². The molecule has 3 heterocycles. The standard InChI is InChI=1S/C20H26N4O3/c1-4-23-16-9-13(3)27-19(16)14-10-21-24(20(26)18(14)23)11-17(25)22-15-8-6-5-7-12(15)2/h9-10,12,15H,4-8,11H2,1-3H3,(H,22,25)/t12-,15+/m0/s1. The maximum Gasteiger partial charge on any atom is 0.291 e. The first kappa shape index (κ1) is 17.8. The van der Waals surface area contributed by atoms with Crippen LogP contribution < -0.4 is 10.9 Å². The fourth-order valence-electron chi connectivity index (χ4n) is 4.28. The maximum absolute atomic E-state index is 13.0. The molecule has 0 aromatic carbocycles. The lowest BCUT2D eigenvalue weighted by Crippen LogP contribution is -2.43. The molecule has 1 saturated carbocycles. The molecule has 0 bridgehead atoms. The average molecular weight is 370 g/mol. The lowest BCUT2D eigenvalue weighted by molar-refractivity contribution is -0.123. The molecule has 1 fully saturated rings. The minimum Gasteiger partial charge on any atom is -0.459 e. The van der Waals surface area contributed by atoms with Crippen molar-refractivity contribution < 1.29 is 9.21 Å².